The largest absolute Gasteiger partial charge is 0.480 e. The fourth-order valence-corrected chi connectivity index (χ4v) is 3.13. The zero-order chi connectivity index (χ0) is 25.1. The van der Waals surface area contributed by atoms with Crippen molar-refractivity contribution in [1.82, 2.24) is 25.9 Å². The van der Waals surface area contributed by atoms with E-state index < -0.39 is 54.5 Å². The molecule has 0 aromatic carbocycles. The van der Waals surface area contributed by atoms with E-state index in [4.69, 9.17) is 10.8 Å². The fraction of sp³-hybridized carbons (Fsp3) is 0.667. The van der Waals surface area contributed by atoms with Crippen molar-refractivity contribution >= 4 is 23.7 Å². The van der Waals surface area contributed by atoms with Crippen LogP contribution in [0.5, 0.6) is 0 Å². The Labute approximate surface area is 193 Å². The quantitative estimate of drug-likeness (QED) is 0.178. The summed E-state index contributed by atoms with van der Waals surface area (Å²) in [5.41, 5.74) is 6.09. The number of aromatic amines is 1. The number of aliphatic hydroxyl groups is 1. The average Bonchev–Trinajstić information content (AvgIpc) is 3.23. The van der Waals surface area contributed by atoms with E-state index in [0.29, 0.717) is 5.69 Å². The number of nitrogens with one attached hydrogen (secondary N) is 4. The normalized spacial score (nSPS) is 14.9. The lowest BCUT2D eigenvalue weighted by Crippen LogP contribution is -2.58. The summed E-state index contributed by atoms with van der Waals surface area (Å²) in [6, 6.07) is -4.43. The predicted octanol–water partition coefficient (Wildman–Crippen LogP) is -1.10. The fourth-order valence-electron chi connectivity index (χ4n) is 3.13. The van der Waals surface area contributed by atoms with Gasteiger partial charge in [0, 0.05) is 18.3 Å². The number of amides is 3. The minimum absolute atomic E-state index is 0.0217. The molecule has 12 heteroatoms. The van der Waals surface area contributed by atoms with E-state index in [-0.39, 0.29) is 31.1 Å². The number of carbonyl (C=O) groups is 4. The summed E-state index contributed by atoms with van der Waals surface area (Å²) in [4.78, 5) is 56.4. The molecule has 12 nitrogen and oxygen atoms in total. The molecule has 0 aliphatic rings. The first-order valence-corrected chi connectivity index (χ1v) is 10.9. The standard InChI is InChI=1S/C21H36N6O6/c1-11(2)5-15(25-18(29)14(22)9-28)19(30)26-16(7-13-8-23-10-24-13)20(31)27-17(21(32)33)6-12(3)4/h8,10-12,14-17,28H,5-7,9,22H2,1-4H3,(H,23,24)(H,25,29)(H,26,30)(H,27,31)(H,32,33). The second-order valence-corrected chi connectivity index (χ2v) is 8.85. The lowest BCUT2D eigenvalue weighted by atomic mass is 10.0. The van der Waals surface area contributed by atoms with Gasteiger partial charge in [-0.1, -0.05) is 27.7 Å². The van der Waals surface area contributed by atoms with Gasteiger partial charge in [-0.15, -0.1) is 0 Å². The number of nitrogens with two attached hydrogens (primary N) is 1. The highest BCUT2D eigenvalue weighted by molar-refractivity contribution is 5.94. The number of aliphatic carboxylic acids is 1. The molecule has 4 unspecified atom stereocenters. The molecule has 8 N–H and O–H groups in total. The number of carboxylic acid groups (broad SMARTS) is 1. The van der Waals surface area contributed by atoms with E-state index >= 15 is 0 Å². The number of aliphatic hydroxyl groups excluding tert-OH is 1. The van der Waals surface area contributed by atoms with Crippen molar-refractivity contribution in [2.45, 2.75) is 71.1 Å². The lowest BCUT2D eigenvalue weighted by molar-refractivity contribution is -0.142. The van der Waals surface area contributed by atoms with Gasteiger partial charge in [0.2, 0.25) is 17.7 Å². The topological polar surface area (TPSA) is 200 Å². The minimum Gasteiger partial charge on any atom is -0.480 e. The zero-order valence-corrected chi connectivity index (χ0v) is 19.5. The smallest absolute Gasteiger partial charge is 0.326 e. The van der Waals surface area contributed by atoms with E-state index in [1.807, 2.05) is 27.7 Å². The number of H-pyrrole nitrogens is 1. The van der Waals surface area contributed by atoms with E-state index in [1.54, 1.807) is 0 Å². The molecule has 1 rings (SSSR count). The Balaban J connectivity index is 3.05. The first kappa shape index (κ1) is 28.0. The van der Waals surface area contributed by atoms with Crippen molar-refractivity contribution in [3.05, 3.63) is 18.2 Å². The highest BCUT2D eigenvalue weighted by atomic mass is 16.4. The summed E-state index contributed by atoms with van der Waals surface area (Å²) in [5.74, 6) is -3.13. The molecule has 0 fully saturated rings. The highest BCUT2D eigenvalue weighted by Gasteiger charge is 2.31. The van der Waals surface area contributed by atoms with Crippen molar-refractivity contribution in [3.8, 4) is 0 Å². The van der Waals surface area contributed by atoms with E-state index in [9.17, 15) is 24.3 Å². The summed E-state index contributed by atoms with van der Waals surface area (Å²) < 4.78 is 0. The Bertz CT molecular complexity index is 782. The molecule has 1 aromatic heterocycles. The van der Waals surface area contributed by atoms with Crippen molar-refractivity contribution in [1.29, 1.82) is 0 Å². The number of hydrogen-bond acceptors (Lipinski definition) is 7. The summed E-state index contributed by atoms with van der Waals surface area (Å²) in [5, 5.41) is 26.2. The van der Waals surface area contributed by atoms with Crippen LogP contribution in [-0.2, 0) is 25.6 Å². The molecular weight excluding hydrogens is 432 g/mol. The van der Waals surface area contributed by atoms with Crippen molar-refractivity contribution in [2.75, 3.05) is 6.61 Å². The maximum absolute atomic E-state index is 13.0. The third kappa shape index (κ3) is 10.00. The number of hydrogen-bond donors (Lipinski definition) is 7. The maximum atomic E-state index is 13.0. The van der Waals surface area contributed by atoms with Gasteiger partial charge in [0.05, 0.1) is 12.9 Å². The highest BCUT2D eigenvalue weighted by Crippen LogP contribution is 2.09. The van der Waals surface area contributed by atoms with Crippen LogP contribution in [0.15, 0.2) is 12.5 Å². The molecule has 3 amide bonds. The number of aromatic nitrogens is 2. The van der Waals surface area contributed by atoms with Gasteiger partial charge in [0.15, 0.2) is 0 Å². The minimum atomic E-state index is -1.19. The maximum Gasteiger partial charge on any atom is 0.326 e. The van der Waals surface area contributed by atoms with Crippen LogP contribution in [0, 0.1) is 11.8 Å². The molecule has 0 saturated carbocycles. The van der Waals surface area contributed by atoms with Crippen LogP contribution >= 0.6 is 0 Å². The van der Waals surface area contributed by atoms with Crippen LogP contribution < -0.4 is 21.7 Å². The van der Waals surface area contributed by atoms with Crippen molar-refractivity contribution < 1.29 is 29.4 Å². The molecule has 0 spiro atoms. The van der Waals surface area contributed by atoms with E-state index in [2.05, 4.69) is 25.9 Å². The summed E-state index contributed by atoms with van der Waals surface area (Å²) in [7, 11) is 0. The monoisotopic (exact) mass is 468 g/mol. The van der Waals surface area contributed by atoms with Crippen LogP contribution in [-0.4, -0.2) is 74.6 Å². The zero-order valence-electron chi connectivity index (χ0n) is 19.5. The second-order valence-electron chi connectivity index (χ2n) is 8.85. The molecule has 0 aliphatic heterocycles. The molecule has 0 saturated heterocycles. The lowest BCUT2D eigenvalue weighted by Gasteiger charge is -2.26. The Morgan fingerprint density at radius 3 is 1.94 bits per heavy atom. The van der Waals surface area contributed by atoms with Gasteiger partial charge >= 0.3 is 5.97 Å². The molecule has 0 aliphatic carbocycles. The molecule has 0 bridgehead atoms. The summed E-state index contributed by atoms with van der Waals surface area (Å²) >= 11 is 0. The molecule has 4 atom stereocenters. The first-order chi connectivity index (χ1) is 15.4. The third-order valence-electron chi connectivity index (χ3n) is 4.81. The number of imidazole rings is 1. The SMILES string of the molecule is CC(C)CC(NC(=O)C(Cc1cnc[nH]1)NC(=O)C(CC(C)C)NC(=O)C(N)CO)C(=O)O. The van der Waals surface area contributed by atoms with Gasteiger partial charge in [-0.2, -0.15) is 0 Å². The van der Waals surface area contributed by atoms with E-state index in [1.165, 1.54) is 12.5 Å². The Morgan fingerprint density at radius 2 is 1.45 bits per heavy atom. The van der Waals surface area contributed by atoms with Crippen molar-refractivity contribution in [2.24, 2.45) is 17.6 Å². The van der Waals surface area contributed by atoms with Gasteiger partial charge in [0.1, 0.15) is 24.2 Å². The Hall–Kier alpha value is -2.99. The third-order valence-corrected chi connectivity index (χ3v) is 4.81. The number of carbonyl (C=O) groups excluding carboxylic acids is 3. The molecule has 33 heavy (non-hydrogen) atoms. The summed E-state index contributed by atoms with van der Waals surface area (Å²) in [6.07, 6.45) is 3.42. The second kappa shape index (κ2) is 13.5. The van der Waals surface area contributed by atoms with Gasteiger partial charge in [-0.3, -0.25) is 14.4 Å². The molecule has 186 valence electrons. The Kier molecular flexibility index (Phi) is 11.5. The average molecular weight is 469 g/mol. The van der Waals surface area contributed by atoms with Crippen LogP contribution in [0.1, 0.15) is 46.2 Å². The predicted molar refractivity (Wildman–Crippen MR) is 120 cm³/mol. The van der Waals surface area contributed by atoms with E-state index in [0.717, 1.165) is 0 Å². The first-order valence-electron chi connectivity index (χ1n) is 10.9. The molecule has 0 radical (unpaired) electrons. The van der Waals surface area contributed by atoms with Gasteiger partial charge in [-0.25, -0.2) is 9.78 Å². The van der Waals surface area contributed by atoms with Crippen molar-refractivity contribution in [3.63, 3.8) is 0 Å². The molecular formula is C21H36N6O6. The van der Waals surface area contributed by atoms with Gasteiger partial charge in [0.25, 0.3) is 0 Å². The van der Waals surface area contributed by atoms with Crippen LogP contribution in [0.2, 0.25) is 0 Å². The number of rotatable bonds is 14. The molecule has 1 heterocycles. The Morgan fingerprint density at radius 1 is 0.939 bits per heavy atom. The summed E-state index contributed by atoms with van der Waals surface area (Å²) in [6.45, 7) is 6.80. The van der Waals surface area contributed by atoms with Crippen LogP contribution in [0.4, 0.5) is 0 Å². The molecule has 1 aromatic rings. The van der Waals surface area contributed by atoms with Gasteiger partial charge < -0.3 is 36.9 Å². The van der Waals surface area contributed by atoms with Gasteiger partial charge in [-0.05, 0) is 24.7 Å². The number of carboxylic acids is 1. The van der Waals surface area contributed by atoms with Crippen LogP contribution in [0.3, 0.4) is 0 Å². The number of nitrogens with zero attached hydrogens (tertiary/aromatic N) is 1. The van der Waals surface area contributed by atoms with Crippen LogP contribution in [0.25, 0.3) is 0 Å².